The fraction of sp³-hybridized carbons (Fsp3) is 0.235. The molecule has 230 valence electrons. The molecule has 0 aliphatic heterocycles. The molecular weight excluding hydrogens is 574 g/mol. The van der Waals surface area contributed by atoms with Gasteiger partial charge < -0.3 is 21.1 Å². The van der Waals surface area contributed by atoms with Gasteiger partial charge in [-0.25, -0.2) is 17.6 Å². The Hall–Kier alpha value is -4.54. The Morgan fingerprint density at radius 2 is 1.52 bits per heavy atom. The van der Waals surface area contributed by atoms with Crippen LogP contribution in [0.2, 0.25) is 0 Å². The molecule has 0 bridgehead atoms. The monoisotopic (exact) mass is 607 g/mol. The molecule has 6 nitrogen and oxygen atoms in total. The zero-order valence-electron chi connectivity index (χ0n) is 24.0. The summed E-state index contributed by atoms with van der Waals surface area (Å²) >= 11 is 0. The van der Waals surface area contributed by atoms with Gasteiger partial charge in [0.1, 0.15) is 23.3 Å². The van der Waals surface area contributed by atoms with E-state index >= 15 is 0 Å². The molecule has 0 unspecified atom stereocenters. The summed E-state index contributed by atoms with van der Waals surface area (Å²) in [4.78, 5) is 26.2. The zero-order chi connectivity index (χ0) is 31.6. The van der Waals surface area contributed by atoms with Crippen molar-refractivity contribution in [2.45, 2.75) is 44.9 Å². The van der Waals surface area contributed by atoms with E-state index in [1.54, 1.807) is 18.2 Å². The van der Waals surface area contributed by atoms with Gasteiger partial charge in [0.2, 0.25) is 5.91 Å². The van der Waals surface area contributed by atoms with Crippen LogP contribution in [-0.4, -0.2) is 35.6 Å². The highest BCUT2D eigenvalue weighted by Gasteiger charge is 2.24. The predicted octanol–water partition coefficient (Wildman–Crippen LogP) is 5.48. The smallest absolute Gasteiger partial charge is 0.256 e. The van der Waals surface area contributed by atoms with Gasteiger partial charge in [-0.05, 0) is 65.4 Å². The lowest BCUT2D eigenvalue weighted by Gasteiger charge is -2.25. The Morgan fingerprint density at radius 1 is 0.795 bits per heavy atom. The first kappa shape index (κ1) is 32.4. The zero-order valence-corrected chi connectivity index (χ0v) is 24.0. The first-order chi connectivity index (χ1) is 21.1. The van der Waals surface area contributed by atoms with Crippen LogP contribution in [0.5, 0.6) is 0 Å². The van der Waals surface area contributed by atoms with Crippen molar-refractivity contribution in [2.24, 2.45) is 0 Å². The molecule has 0 radical (unpaired) electrons. The van der Waals surface area contributed by atoms with E-state index in [9.17, 15) is 32.3 Å². The van der Waals surface area contributed by atoms with Crippen LogP contribution in [0.1, 0.15) is 39.5 Å². The number of hydrogen-bond donors (Lipinski definition) is 4. The van der Waals surface area contributed by atoms with Crippen molar-refractivity contribution in [3.8, 4) is 0 Å². The third-order valence-electron chi connectivity index (χ3n) is 7.06. The maximum atomic E-state index is 14.1. The summed E-state index contributed by atoms with van der Waals surface area (Å²) in [5.74, 6) is -4.59. The maximum Gasteiger partial charge on any atom is 0.256 e. The molecule has 0 saturated carbocycles. The molecule has 4 rings (SSSR count). The van der Waals surface area contributed by atoms with Gasteiger partial charge in [0.05, 0.1) is 24.3 Å². The van der Waals surface area contributed by atoms with Crippen LogP contribution < -0.4 is 16.0 Å². The molecule has 10 heteroatoms. The number of hydrogen-bond acceptors (Lipinski definition) is 4. The first-order valence-corrected chi connectivity index (χ1v) is 14.2. The SMILES string of the molecule is CCc1cccc(CNC[C@@H](O)[C@H](Cc2cc(F)cc(F)c2)NC(=O)Cc2ccccc2C(=O)Nc2ccc(F)cc2F)c1. The van der Waals surface area contributed by atoms with E-state index in [4.69, 9.17) is 0 Å². The number of aliphatic hydroxyl groups is 1. The number of aliphatic hydroxyl groups excluding tert-OH is 1. The topological polar surface area (TPSA) is 90.5 Å². The number of rotatable bonds is 13. The molecule has 0 fully saturated rings. The van der Waals surface area contributed by atoms with E-state index < -0.39 is 47.2 Å². The number of aryl methyl sites for hydroxylation is 1. The summed E-state index contributed by atoms with van der Waals surface area (Å²) in [5.41, 5.74) is 2.59. The molecule has 0 heterocycles. The van der Waals surface area contributed by atoms with Gasteiger partial charge in [-0.3, -0.25) is 9.59 Å². The van der Waals surface area contributed by atoms with Crippen molar-refractivity contribution in [3.05, 3.63) is 136 Å². The Kier molecular flexibility index (Phi) is 11.2. The Balaban J connectivity index is 1.46. The summed E-state index contributed by atoms with van der Waals surface area (Å²) in [6.45, 7) is 2.58. The van der Waals surface area contributed by atoms with Crippen molar-refractivity contribution >= 4 is 17.5 Å². The Bertz CT molecular complexity index is 1590. The lowest BCUT2D eigenvalue weighted by molar-refractivity contribution is -0.122. The number of anilines is 1. The molecular formula is C34H33F4N3O3. The van der Waals surface area contributed by atoms with Crippen molar-refractivity contribution in [2.75, 3.05) is 11.9 Å². The third kappa shape index (κ3) is 9.23. The second kappa shape index (κ2) is 15.3. The standard InChI is InChI=1S/C34H33F4N3O3/c1-2-21-6-5-7-22(12-21)19-39-20-32(42)31(15-23-13-26(36)17-27(37)14-23)40-33(43)16-24-8-3-4-9-28(24)34(44)41-30-11-10-25(35)18-29(30)38/h3-14,17-18,31-32,39,42H,2,15-16,19-20H2,1H3,(H,40,43)(H,41,44)/t31-,32+/m0/s1. The third-order valence-corrected chi connectivity index (χ3v) is 7.06. The Labute approximate surface area is 253 Å². The molecule has 0 spiro atoms. The summed E-state index contributed by atoms with van der Waals surface area (Å²) < 4.78 is 55.2. The molecule has 0 aromatic heterocycles. The lowest BCUT2D eigenvalue weighted by atomic mass is 9.99. The number of carbonyl (C=O) groups excluding carboxylic acids is 2. The van der Waals surface area contributed by atoms with Crippen LogP contribution in [0, 0.1) is 23.3 Å². The molecule has 4 aromatic rings. The highest BCUT2D eigenvalue weighted by atomic mass is 19.1. The normalized spacial score (nSPS) is 12.4. The molecule has 2 atom stereocenters. The fourth-order valence-corrected chi connectivity index (χ4v) is 4.84. The molecule has 0 aliphatic rings. The average molecular weight is 608 g/mol. The molecule has 2 amide bonds. The molecule has 4 N–H and O–H groups in total. The Morgan fingerprint density at radius 3 is 2.25 bits per heavy atom. The van der Waals surface area contributed by atoms with Crippen LogP contribution in [0.3, 0.4) is 0 Å². The van der Waals surface area contributed by atoms with Crippen LogP contribution >= 0.6 is 0 Å². The first-order valence-electron chi connectivity index (χ1n) is 14.2. The number of nitrogens with one attached hydrogen (secondary N) is 3. The van der Waals surface area contributed by atoms with Crippen LogP contribution in [-0.2, 0) is 30.6 Å². The predicted molar refractivity (Wildman–Crippen MR) is 160 cm³/mol. The van der Waals surface area contributed by atoms with Gasteiger partial charge in [-0.2, -0.15) is 0 Å². The minimum Gasteiger partial charge on any atom is -0.390 e. The van der Waals surface area contributed by atoms with E-state index in [1.165, 1.54) is 11.6 Å². The van der Waals surface area contributed by atoms with E-state index in [0.29, 0.717) is 18.2 Å². The minimum absolute atomic E-state index is 0.0689. The largest absolute Gasteiger partial charge is 0.390 e. The lowest BCUT2D eigenvalue weighted by Crippen LogP contribution is -2.49. The second-order valence-corrected chi connectivity index (χ2v) is 10.4. The second-order valence-electron chi connectivity index (χ2n) is 10.4. The molecule has 44 heavy (non-hydrogen) atoms. The summed E-state index contributed by atoms with van der Waals surface area (Å²) in [5, 5.41) is 19.4. The maximum absolute atomic E-state index is 14.1. The van der Waals surface area contributed by atoms with Crippen molar-refractivity contribution in [3.63, 3.8) is 0 Å². The van der Waals surface area contributed by atoms with Gasteiger partial charge >= 0.3 is 0 Å². The highest BCUT2D eigenvalue weighted by Crippen LogP contribution is 2.19. The van der Waals surface area contributed by atoms with Crippen molar-refractivity contribution in [1.29, 1.82) is 0 Å². The summed E-state index contributed by atoms with van der Waals surface area (Å²) in [6, 6.07) is 19.0. The number of halogens is 4. The van der Waals surface area contributed by atoms with E-state index in [1.807, 2.05) is 24.3 Å². The van der Waals surface area contributed by atoms with Crippen LogP contribution in [0.4, 0.5) is 23.2 Å². The highest BCUT2D eigenvalue weighted by molar-refractivity contribution is 6.06. The van der Waals surface area contributed by atoms with Gasteiger partial charge in [0, 0.05) is 30.8 Å². The minimum atomic E-state index is -1.14. The van der Waals surface area contributed by atoms with Crippen LogP contribution in [0.15, 0.2) is 84.9 Å². The van der Waals surface area contributed by atoms with Gasteiger partial charge in [-0.1, -0.05) is 49.4 Å². The molecule has 0 saturated heterocycles. The number of benzene rings is 4. The van der Waals surface area contributed by atoms with E-state index in [0.717, 1.165) is 42.3 Å². The summed E-state index contributed by atoms with van der Waals surface area (Å²) in [7, 11) is 0. The van der Waals surface area contributed by atoms with Gasteiger partial charge in [-0.15, -0.1) is 0 Å². The number of carbonyl (C=O) groups is 2. The quantitative estimate of drug-likeness (QED) is 0.152. The van der Waals surface area contributed by atoms with E-state index in [-0.39, 0.29) is 36.2 Å². The van der Waals surface area contributed by atoms with Crippen molar-refractivity contribution in [1.82, 2.24) is 10.6 Å². The molecule has 4 aromatic carbocycles. The van der Waals surface area contributed by atoms with E-state index in [2.05, 4.69) is 22.9 Å². The van der Waals surface area contributed by atoms with Crippen LogP contribution in [0.25, 0.3) is 0 Å². The fourth-order valence-electron chi connectivity index (χ4n) is 4.84. The number of amides is 2. The van der Waals surface area contributed by atoms with Crippen molar-refractivity contribution < 1.29 is 32.3 Å². The van der Waals surface area contributed by atoms with Gasteiger partial charge in [0.25, 0.3) is 5.91 Å². The summed E-state index contributed by atoms with van der Waals surface area (Å²) in [6.07, 6.45) is -0.615. The average Bonchev–Trinajstić information content (AvgIpc) is 2.98. The van der Waals surface area contributed by atoms with Gasteiger partial charge in [0.15, 0.2) is 0 Å². The molecule has 0 aliphatic carbocycles.